The molecule has 1 aromatic carbocycles. The zero-order valence-corrected chi connectivity index (χ0v) is 12.5. The average Bonchev–Trinajstić information content (AvgIpc) is 2.83. The molecule has 1 aromatic heterocycles. The maximum atomic E-state index is 12.4. The summed E-state index contributed by atoms with van der Waals surface area (Å²) < 4.78 is 1.48. The third-order valence-corrected chi connectivity index (χ3v) is 4.34. The Balaban J connectivity index is 1.81. The van der Waals surface area contributed by atoms with Crippen molar-refractivity contribution in [2.24, 2.45) is 13.0 Å². The number of amides is 1. The highest BCUT2D eigenvalue weighted by Crippen LogP contribution is 2.38. The van der Waals surface area contributed by atoms with Crippen LogP contribution in [-0.2, 0) is 7.05 Å². The van der Waals surface area contributed by atoms with Crippen LogP contribution in [0.25, 0.3) is 0 Å². The monoisotopic (exact) mass is 304 g/mol. The van der Waals surface area contributed by atoms with Gasteiger partial charge in [0, 0.05) is 12.1 Å². The quantitative estimate of drug-likeness (QED) is 0.945. The van der Waals surface area contributed by atoms with Gasteiger partial charge in [-0.25, -0.2) is 4.68 Å². The van der Waals surface area contributed by atoms with Crippen LogP contribution in [0.3, 0.4) is 0 Å². The maximum absolute atomic E-state index is 12.4. The molecule has 0 bridgehead atoms. The SMILES string of the molecule is Cn1nncc1C(=O)NC(c1ccc(Cl)cc1)C1CCC1. The third-order valence-electron chi connectivity index (χ3n) is 4.08. The summed E-state index contributed by atoms with van der Waals surface area (Å²) >= 11 is 5.94. The van der Waals surface area contributed by atoms with Gasteiger partial charge in [-0.3, -0.25) is 4.79 Å². The van der Waals surface area contributed by atoms with Crippen LogP contribution in [0.15, 0.2) is 30.5 Å². The summed E-state index contributed by atoms with van der Waals surface area (Å²) in [5.41, 5.74) is 1.56. The van der Waals surface area contributed by atoms with Gasteiger partial charge < -0.3 is 5.32 Å². The Bertz CT molecular complexity index is 633. The average molecular weight is 305 g/mol. The Kier molecular flexibility index (Phi) is 3.92. The number of rotatable bonds is 4. The van der Waals surface area contributed by atoms with Crippen LogP contribution in [0.1, 0.15) is 41.4 Å². The molecule has 0 saturated heterocycles. The molecule has 110 valence electrons. The molecule has 1 amide bonds. The highest BCUT2D eigenvalue weighted by molar-refractivity contribution is 6.30. The van der Waals surface area contributed by atoms with Gasteiger partial charge >= 0.3 is 0 Å². The molecule has 1 aliphatic carbocycles. The molecule has 1 aliphatic rings. The van der Waals surface area contributed by atoms with Crippen LogP contribution in [0.5, 0.6) is 0 Å². The summed E-state index contributed by atoms with van der Waals surface area (Å²) in [6, 6.07) is 7.69. The molecular formula is C15H17ClN4O. The predicted molar refractivity (Wildman–Crippen MR) is 80.0 cm³/mol. The molecule has 0 aliphatic heterocycles. The van der Waals surface area contributed by atoms with E-state index in [1.807, 2.05) is 24.3 Å². The largest absolute Gasteiger partial charge is 0.344 e. The van der Waals surface area contributed by atoms with Gasteiger partial charge in [0.05, 0.1) is 12.2 Å². The Morgan fingerprint density at radius 3 is 2.62 bits per heavy atom. The lowest BCUT2D eigenvalue weighted by atomic mass is 9.77. The molecule has 2 aromatic rings. The van der Waals surface area contributed by atoms with Crippen LogP contribution in [0.4, 0.5) is 0 Å². The number of nitrogens with one attached hydrogen (secondary N) is 1. The molecule has 1 N–H and O–H groups in total. The summed E-state index contributed by atoms with van der Waals surface area (Å²) in [7, 11) is 1.71. The van der Waals surface area contributed by atoms with Crippen LogP contribution in [-0.4, -0.2) is 20.9 Å². The zero-order chi connectivity index (χ0) is 14.8. The second-order valence-corrected chi connectivity index (χ2v) is 5.87. The predicted octanol–water partition coefficient (Wildman–Crippen LogP) is 2.74. The third kappa shape index (κ3) is 2.93. The number of benzene rings is 1. The summed E-state index contributed by atoms with van der Waals surface area (Å²) in [6.07, 6.45) is 4.97. The van der Waals surface area contributed by atoms with E-state index in [0.717, 1.165) is 18.4 Å². The lowest BCUT2D eigenvalue weighted by Gasteiger charge is -2.34. The number of hydrogen-bond acceptors (Lipinski definition) is 3. The van der Waals surface area contributed by atoms with E-state index >= 15 is 0 Å². The first-order valence-corrected chi connectivity index (χ1v) is 7.44. The summed E-state index contributed by atoms with van der Waals surface area (Å²) in [5.74, 6) is 0.339. The van der Waals surface area contributed by atoms with Gasteiger partial charge in [0.25, 0.3) is 5.91 Å². The highest BCUT2D eigenvalue weighted by atomic mass is 35.5. The number of carbonyl (C=O) groups excluding carboxylic acids is 1. The molecule has 1 saturated carbocycles. The molecule has 1 fully saturated rings. The van der Waals surface area contributed by atoms with Gasteiger partial charge in [0.15, 0.2) is 0 Å². The first kappa shape index (κ1) is 14.1. The van der Waals surface area contributed by atoms with Crippen molar-refractivity contribution >= 4 is 17.5 Å². The minimum Gasteiger partial charge on any atom is -0.344 e. The minimum absolute atomic E-state index is 0.0124. The molecule has 1 heterocycles. The standard InChI is InChI=1S/C15H17ClN4O/c1-20-13(9-17-19-20)15(21)18-14(10-3-2-4-10)11-5-7-12(16)8-6-11/h5-10,14H,2-4H2,1H3,(H,18,21). The fraction of sp³-hybridized carbons (Fsp3) is 0.400. The second-order valence-electron chi connectivity index (χ2n) is 5.44. The van der Waals surface area contributed by atoms with Crippen LogP contribution < -0.4 is 5.32 Å². The fourth-order valence-corrected chi connectivity index (χ4v) is 2.75. The van der Waals surface area contributed by atoms with E-state index < -0.39 is 0 Å². The minimum atomic E-state index is -0.144. The van der Waals surface area contributed by atoms with Gasteiger partial charge in [-0.15, -0.1) is 5.10 Å². The van der Waals surface area contributed by atoms with Crippen molar-refractivity contribution in [1.29, 1.82) is 0 Å². The van der Waals surface area contributed by atoms with E-state index in [4.69, 9.17) is 11.6 Å². The second kappa shape index (κ2) is 5.85. The summed E-state index contributed by atoms with van der Waals surface area (Å²) in [4.78, 5) is 12.4. The number of nitrogens with zero attached hydrogens (tertiary/aromatic N) is 3. The molecule has 1 unspecified atom stereocenters. The van der Waals surface area contributed by atoms with E-state index in [1.54, 1.807) is 7.05 Å². The van der Waals surface area contributed by atoms with Crippen molar-refractivity contribution in [2.75, 3.05) is 0 Å². The Morgan fingerprint density at radius 1 is 1.38 bits per heavy atom. The maximum Gasteiger partial charge on any atom is 0.271 e. The molecule has 1 atom stereocenters. The van der Waals surface area contributed by atoms with E-state index in [9.17, 15) is 4.79 Å². The number of aryl methyl sites for hydroxylation is 1. The molecule has 21 heavy (non-hydrogen) atoms. The number of hydrogen-bond donors (Lipinski definition) is 1. The normalized spacial score (nSPS) is 16.3. The lowest BCUT2D eigenvalue weighted by molar-refractivity contribution is 0.0891. The van der Waals surface area contributed by atoms with Gasteiger partial charge in [0.2, 0.25) is 0 Å². The van der Waals surface area contributed by atoms with Gasteiger partial charge in [-0.2, -0.15) is 0 Å². The van der Waals surface area contributed by atoms with E-state index in [0.29, 0.717) is 16.6 Å². The zero-order valence-electron chi connectivity index (χ0n) is 11.8. The molecule has 6 heteroatoms. The molecule has 0 radical (unpaired) electrons. The molecular weight excluding hydrogens is 288 g/mol. The van der Waals surface area contributed by atoms with Crippen molar-refractivity contribution in [2.45, 2.75) is 25.3 Å². The van der Waals surface area contributed by atoms with E-state index in [2.05, 4.69) is 15.6 Å². The van der Waals surface area contributed by atoms with Gasteiger partial charge in [-0.1, -0.05) is 35.4 Å². The van der Waals surface area contributed by atoms with Crippen LogP contribution in [0, 0.1) is 5.92 Å². The van der Waals surface area contributed by atoms with Crippen molar-refractivity contribution in [3.63, 3.8) is 0 Å². The number of aromatic nitrogens is 3. The van der Waals surface area contributed by atoms with E-state index in [1.165, 1.54) is 17.3 Å². The van der Waals surface area contributed by atoms with Crippen molar-refractivity contribution in [1.82, 2.24) is 20.3 Å². The molecule has 5 nitrogen and oxygen atoms in total. The van der Waals surface area contributed by atoms with Crippen LogP contribution in [0.2, 0.25) is 5.02 Å². The van der Waals surface area contributed by atoms with E-state index in [-0.39, 0.29) is 11.9 Å². The van der Waals surface area contributed by atoms with Crippen molar-refractivity contribution in [3.05, 3.63) is 46.7 Å². The summed E-state index contributed by atoms with van der Waals surface area (Å²) in [6.45, 7) is 0. The Morgan fingerprint density at radius 2 is 2.10 bits per heavy atom. The topological polar surface area (TPSA) is 59.8 Å². The summed E-state index contributed by atoms with van der Waals surface area (Å²) in [5, 5.41) is 11.4. The Hall–Kier alpha value is -1.88. The highest BCUT2D eigenvalue weighted by Gasteiger charge is 2.30. The first-order valence-electron chi connectivity index (χ1n) is 7.06. The smallest absolute Gasteiger partial charge is 0.271 e. The van der Waals surface area contributed by atoms with Crippen LogP contribution >= 0.6 is 11.6 Å². The first-order chi connectivity index (χ1) is 10.1. The Labute approximate surface area is 128 Å². The molecule has 3 rings (SSSR count). The lowest BCUT2D eigenvalue weighted by Crippen LogP contribution is -2.37. The van der Waals surface area contributed by atoms with Crippen molar-refractivity contribution in [3.8, 4) is 0 Å². The molecule has 0 spiro atoms. The van der Waals surface area contributed by atoms with Gasteiger partial charge in [0.1, 0.15) is 5.69 Å². The number of halogens is 1. The fourth-order valence-electron chi connectivity index (χ4n) is 2.63. The number of carbonyl (C=O) groups is 1. The van der Waals surface area contributed by atoms with Gasteiger partial charge in [-0.05, 0) is 36.5 Å². The van der Waals surface area contributed by atoms with Crippen molar-refractivity contribution < 1.29 is 4.79 Å².